The molecule has 1 saturated heterocycles. The second-order valence-corrected chi connectivity index (χ2v) is 8.62. The van der Waals surface area contributed by atoms with Crippen LogP contribution >= 0.6 is 15.9 Å². The zero-order valence-corrected chi connectivity index (χ0v) is 17.3. The summed E-state index contributed by atoms with van der Waals surface area (Å²) in [6, 6.07) is 24.1. The Morgan fingerprint density at radius 3 is 2.24 bits per heavy atom. The number of ether oxygens (including phenoxy) is 1. The molecular weight excluding hydrogens is 430 g/mol. The molecule has 1 amide bonds. The van der Waals surface area contributed by atoms with Crippen molar-refractivity contribution in [3.05, 3.63) is 94.0 Å². The predicted octanol–water partition coefficient (Wildman–Crippen LogP) is 4.90. The van der Waals surface area contributed by atoms with Gasteiger partial charge in [-0.15, -0.1) is 0 Å². The number of carbonyl (C=O) groups is 1. The Labute approximate surface area is 177 Å². The topological polar surface area (TPSA) is 49.8 Å². The number of rotatable bonds is 3. The molecule has 5 heteroatoms. The van der Waals surface area contributed by atoms with Crippen molar-refractivity contribution in [2.45, 2.75) is 11.5 Å². The van der Waals surface area contributed by atoms with Crippen LogP contribution in [0.4, 0.5) is 4.79 Å². The summed E-state index contributed by atoms with van der Waals surface area (Å²) in [5.41, 5.74) is 4.57. The number of β-amino-alcohol motifs (C(OH)–C–C–N with tert-alkyl or cyclic N) is 1. The van der Waals surface area contributed by atoms with E-state index >= 15 is 0 Å². The van der Waals surface area contributed by atoms with Gasteiger partial charge in [0.2, 0.25) is 0 Å². The molecule has 0 bridgehead atoms. The number of fused-ring (bicyclic) bond motifs is 3. The van der Waals surface area contributed by atoms with Crippen molar-refractivity contribution in [1.82, 2.24) is 4.90 Å². The summed E-state index contributed by atoms with van der Waals surface area (Å²) in [5.74, 6) is 0.0385. The van der Waals surface area contributed by atoms with E-state index in [2.05, 4.69) is 40.2 Å². The smallest absolute Gasteiger partial charge is 0.410 e. The van der Waals surface area contributed by atoms with E-state index in [0.717, 1.165) is 10.0 Å². The monoisotopic (exact) mass is 449 g/mol. The fraction of sp³-hybridized carbons (Fsp3) is 0.208. The van der Waals surface area contributed by atoms with Gasteiger partial charge in [-0.2, -0.15) is 0 Å². The van der Waals surface area contributed by atoms with Gasteiger partial charge in [-0.3, -0.25) is 0 Å². The van der Waals surface area contributed by atoms with E-state index in [1.54, 1.807) is 4.90 Å². The average molecular weight is 450 g/mol. The summed E-state index contributed by atoms with van der Waals surface area (Å²) in [5, 5.41) is 10.8. The molecule has 3 aromatic rings. The molecule has 0 aromatic heterocycles. The first kappa shape index (κ1) is 18.4. The predicted molar refractivity (Wildman–Crippen MR) is 115 cm³/mol. The van der Waals surface area contributed by atoms with Gasteiger partial charge in [0.1, 0.15) is 12.2 Å². The SMILES string of the molecule is O=C(OCC1c2ccccc2-c2ccccc21)N1CC(O)(c2cccc(Br)c2)C1. The lowest BCUT2D eigenvalue weighted by molar-refractivity contribution is -0.0943. The Bertz CT molecular complexity index is 1050. The minimum Gasteiger partial charge on any atom is -0.448 e. The van der Waals surface area contributed by atoms with Crippen molar-refractivity contribution in [2.24, 2.45) is 0 Å². The number of halogens is 1. The van der Waals surface area contributed by atoms with Crippen LogP contribution in [0.1, 0.15) is 22.6 Å². The van der Waals surface area contributed by atoms with Gasteiger partial charge >= 0.3 is 6.09 Å². The maximum absolute atomic E-state index is 12.6. The third kappa shape index (κ3) is 3.15. The van der Waals surface area contributed by atoms with Crippen LogP contribution in [0.5, 0.6) is 0 Å². The summed E-state index contributed by atoms with van der Waals surface area (Å²) >= 11 is 3.42. The van der Waals surface area contributed by atoms with Crippen LogP contribution in [-0.2, 0) is 10.3 Å². The molecule has 2 aliphatic rings. The summed E-state index contributed by atoms with van der Waals surface area (Å²) in [7, 11) is 0. The van der Waals surface area contributed by atoms with Crippen molar-refractivity contribution < 1.29 is 14.6 Å². The molecule has 5 rings (SSSR count). The van der Waals surface area contributed by atoms with Crippen molar-refractivity contribution in [3.8, 4) is 11.1 Å². The fourth-order valence-electron chi connectivity index (χ4n) is 4.36. The van der Waals surface area contributed by atoms with Gasteiger partial charge in [-0.05, 0) is 39.9 Å². The number of aliphatic hydroxyl groups is 1. The lowest BCUT2D eigenvalue weighted by Gasteiger charge is -2.46. The second-order valence-electron chi connectivity index (χ2n) is 7.70. The first-order valence-corrected chi connectivity index (χ1v) is 10.4. The van der Waals surface area contributed by atoms with Crippen molar-refractivity contribution in [1.29, 1.82) is 0 Å². The molecule has 29 heavy (non-hydrogen) atoms. The summed E-state index contributed by atoms with van der Waals surface area (Å²) < 4.78 is 6.57. The normalized spacial score (nSPS) is 16.7. The molecular formula is C24H20BrNO3. The van der Waals surface area contributed by atoms with E-state index < -0.39 is 5.60 Å². The third-order valence-electron chi connectivity index (χ3n) is 5.86. The third-order valence-corrected chi connectivity index (χ3v) is 6.35. The molecule has 146 valence electrons. The van der Waals surface area contributed by atoms with Gasteiger partial charge in [0.15, 0.2) is 0 Å². The first-order chi connectivity index (χ1) is 14.0. The highest BCUT2D eigenvalue weighted by Gasteiger charge is 2.46. The van der Waals surface area contributed by atoms with Gasteiger partial charge < -0.3 is 14.7 Å². The molecule has 0 spiro atoms. The highest BCUT2D eigenvalue weighted by Crippen LogP contribution is 2.44. The Morgan fingerprint density at radius 1 is 1.00 bits per heavy atom. The van der Waals surface area contributed by atoms with E-state index in [-0.39, 0.29) is 25.1 Å². The number of nitrogens with zero attached hydrogens (tertiary/aromatic N) is 1. The second kappa shape index (κ2) is 7.01. The molecule has 0 saturated carbocycles. The van der Waals surface area contributed by atoms with E-state index in [9.17, 15) is 9.90 Å². The quantitative estimate of drug-likeness (QED) is 0.618. The average Bonchev–Trinajstić information content (AvgIpc) is 3.03. The van der Waals surface area contributed by atoms with Crippen LogP contribution in [0.2, 0.25) is 0 Å². The number of carbonyl (C=O) groups excluding carboxylic acids is 1. The summed E-state index contributed by atoms with van der Waals surface area (Å²) in [6.07, 6.45) is -0.383. The first-order valence-electron chi connectivity index (χ1n) is 9.63. The zero-order valence-electron chi connectivity index (χ0n) is 15.7. The molecule has 3 aromatic carbocycles. The molecule has 0 atom stereocenters. The molecule has 0 radical (unpaired) electrons. The Morgan fingerprint density at radius 2 is 1.62 bits per heavy atom. The van der Waals surface area contributed by atoms with E-state index in [0.29, 0.717) is 6.61 Å². The highest BCUT2D eigenvalue weighted by atomic mass is 79.9. The van der Waals surface area contributed by atoms with Gasteiger partial charge in [0.25, 0.3) is 0 Å². The molecule has 0 unspecified atom stereocenters. The lowest BCUT2D eigenvalue weighted by atomic mass is 9.86. The van der Waals surface area contributed by atoms with E-state index in [4.69, 9.17) is 4.74 Å². The van der Waals surface area contributed by atoms with Gasteiger partial charge in [-0.1, -0.05) is 76.6 Å². The molecule has 4 nitrogen and oxygen atoms in total. The maximum atomic E-state index is 12.6. The van der Waals surface area contributed by atoms with Gasteiger partial charge in [0, 0.05) is 10.4 Å². The van der Waals surface area contributed by atoms with E-state index in [1.165, 1.54) is 22.3 Å². The van der Waals surface area contributed by atoms with Crippen LogP contribution in [-0.4, -0.2) is 35.8 Å². The molecule has 1 fully saturated rings. The Balaban J connectivity index is 1.27. The zero-order chi connectivity index (χ0) is 20.0. The van der Waals surface area contributed by atoms with Crippen LogP contribution in [0, 0.1) is 0 Å². The van der Waals surface area contributed by atoms with Crippen LogP contribution in [0.25, 0.3) is 11.1 Å². The molecule has 1 aliphatic heterocycles. The van der Waals surface area contributed by atoms with Crippen LogP contribution in [0.3, 0.4) is 0 Å². The highest BCUT2D eigenvalue weighted by molar-refractivity contribution is 9.10. The number of benzene rings is 3. The van der Waals surface area contributed by atoms with Gasteiger partial charge in [-0.25, -0.2) is 4.79 Å². The summed E-state index contributed by atoms with van der Waals surface area (Å²) in [6.45, 7) is 0.763. The fourth-order valence-corrected chi connectivity index (χ4v) is 4.76. The van der Waals surface area contributed by atoms with Gasteiger partial charge in [0.05, 0.1) is 13.1 Å². The minimum absolute atomic E-state index is 0.0385. The van der Waals surface area contributed by atoms with E-state index in [1.807, 2.05) is 48.5 Å². The number of hydrogen-bond acceptors (Lipinski definition) is 3. The van der Waals surface area contributed by atoms with Crippen LogP contribution < -0.4 is 0 Å². The number of likely N-dealkylation sites (tertiary alicyclic amines) is 1. The van der Waals surface area contributed by atoms with Crippen molar-refractivity contribution in [3.63, 3.8) is 0 Å². The van der Waals surface area contributed by atoms with Crippen molar-refractivity contribution >= 4 is 22.0 Å². The molecule has 1 N–H and O–H groups in total. The Kier molecular flexibility index (Phi) is 4.45. The standard InChI is InChI=1S/C24H20BrNO3/c25-17-7-5-6-16(12-17)24(28)14-26(15-24)23(27)29-13-22-20-10-3-1-8-18(20)19-9-2-4-11-21(19)22/h1-12,22,28H,13-15H2. The molecule has 1 heterocycles. The van der Waals surface area contributed by atoms with Crippen molar-refractivity contribution in [2.75, 3.05) is 19.7 Å². The molecule has 1 aliphatic carbocycles. The Hall–Kier alpha value is -2.63. The number of hydrogen-bond donors (Lipinski definition) is 1. The largest absolute Gasteiger partial charge is 0.448 e. The minimum atomic E-state index is -1.02. The van der Waals surface area contributed by atoms with Crippen LogP contribution in [0.15, 0.2) is 77.3 Å². The summed E-state index contributed by atoms with van der Waals surface area (Å²) in [4.78, 5) is 14.1. The number of amides is 1. The maximum Gasteiger partial charge on any atom is 0.410 e. The lowest BCUT2D eigenvalue weighted by Crippen LogP contribution is -2.61.